The monoisotopic (exact) mass is 274 g/mol. The number of hydrogen-bond donors (Lipinski definition) is 0. The summed E-state index contributed by atoms with van der Waals surface area (Å²) in [5, 5.41) is 0. The third kappa shape index (κ3) is 4.67. The fourth-order valence-electron chi connectivity index (χ4n) is 2.23. The van der Waals surface area contributed by atoms with Gasteiger partial charge in [-0.15, -0.1) is 0 Å². The highest BCUT2D eigenvalue weighted by Crippen LogP contribution is 2.18. The Balaban J connectivity index is 3.12. The summed E-state index contributed by atoms with van der Waals surface area (Å²) in [6, 6.07) is 4.44. The van der Waals surface area contributed by atoms with Crippen molar-refractivity contribution in [2.24, 2.45) is 0 Å². The van der Waals surface area contributed by atoms with Gasteiger partial charge in [-0.05, 0) is 50.7 Å². The summed E-state index contributed by atoms with van der Waals surface area (Å²) in [5.74, 6) is 6.39. The fourth-order valence-corrected chi connectivity index (χ4v) is 2.23. The molecule has 0 saturated carbocycles. The summed E-state index contributed by atoms with van der Waals surface area (Å²) < 4.78 is 11.0. The molecular formula is C18H26O2. The van der Waals surface area contributed by atoms with E-state index in [9.17, 15) is 0 Å². The lowest BCUT2D eigenvalue weighted by Crippen LogP contribution is -2.15. The molecule has 0 aliphatic rings. The average molecular weight is 274 g/mol. The summed E-state index contributed by atoms with van der Waals surface area (Å²) in [6.07, 6.45) is 1.56. The van der Waals surface area contributed by atoms with Crippen LogP contribution in [-0.4, -0.2) is 19.5 Å². The van der Waals surface area contributed by atoms with Crippen molar-refractivity contribution in [3.05, 3.63) is 34.4 Å². The van der Waals surface area contributed by atoms with Gasteiger partial charge in [0.25, 0.3) is 0 Å². The minimum atomic E-state index is -0.430. The molecule has 0 saturated heterocycles. The molecule has 2 nitrogen and oxygen atoms in total. The molecule has 0 fully saturated rings. The molecule has 0 atom stereocenters. The van der Waals surface area contributed by atoms with Crippen LogP contribution in [0.1, 0.15) is 49.9 Å². The second-order valence-corrected chi connectivity index (χ2v) is 4.68. The maximum Gasteiger partial charge on any atom is 0.222 e. The second kappa shape index (κ2) is 8.79. The third-order valence-corrected chi connectivity index (χ3v) is 3.16. The second-order valence-electron chi connectivity index (χ2n) is 4.68. The van der Waals surface area contributed by atoms with Crippen LogP contribution in [-0.2, 0) is 22.3 Å². The van der Waals surface area contributed by atoms with Crippen LogP contribution in [0.25, 0.3) is 0 Å². The lowest BCUT2D eigenvalue weighted by atomic mass is 9.95. The van der Waals surface area contributed by atoms with Gasteiger partial charge in [0.2, 0.25) is 6.29 Å². The lowest BCUT2D eigenvalue weighted by Gasteiger charge is -2.12. The van der Waals surface area contributed by atoms with Crippen LogP contribution < -0.4 is 0 Å². The predicted molar refractivity (Wildman–Crippen MR) is 83.9 cm³/mol. The van der Waals surface area contributed by atoms with Gasteiger partial charge < -0.3 is 9.47 Å². The Labute approximate surface area is 123 Å². The van der Waals surface area contributed by atoms with Crippen LogP contribution in [0.5, 0.6) is 0 Å². The van der Waals surface area contributed by atoms with Crippen LogP contribution in [0.3, 0.4) is 0 Å². The van der Waals surface area contributed by atoms with E-state index in [1.807, 2.05) is 13.8 Å². The number of rotatable bonds is 6. The summed E-state index contributed by atoms with van der Waals surface area (Å²) in [7, 11) is 0. The number of ether oxygens (including phenoxy) is 2. The van der Waals surface area contributed by atoms with E-state index in [2.05, 4.69) is 44.7 Å². The van der Waals surface area contributed by atoms with Crippen molar-refractivity contribution >= 4 is 0 Å². The van der Waals surface area contributed by atoms with Crippen LogP contribution in [0.2, 0.25) is 0 Å². The first-order valence-corrected chi connectivity index (χ1v) is 7.53. The molecule has 1 rings (SSSR count). The van der Waals surface area contributed by atoms with E-state index in [1.165, 1.54) is 16.7 Å². The first-order chi connectivity index (χ1) is 9.65. The Hall–Kier alpha value is -1.30. The summed E-state index contributed by atoms with van der Waals surface area (Å²) in [6.45, 7) is 11.6. The molecule has 0 aliphatic heterocycles. The molecule has 110 valence electrons. The van der Waals surface area contributed by atoms with E-state index >= 15 is 0 Å². The normalized spacial score (nSPS) is 10.5. The van der Waals surface area contributed by atoms with Gasteiger partial charge in [0, 0.05) is 18.8 Å². The van der Waals surface area contributed by atoms with Crippen molar-refractivity contribution in [1.82, 2.24) is 0 Å². The average Bonchev–Trinajstić information content (AvgIpc) is 2.45. The minimum absolute atomic E-state index is 0.430. The zero-order valence-corrected chi connectivity index (χ0v) is 13.4. The Bertz CT molecular complexity index is 449. The molecule has 0 amide bonds. The molecule has 0 radical (unpaired) electrons. The van der Waals surface area contributed by atoms with Crippen LogP contribution in [0, 0.1) is 18.8 Å². The van der Waals surface area contributed by atoms with Gasteiger partial charge in [-0.3, -0.25) is 0 Å². The summed E-state index contributed by atoms with van der Waals surface area (Å²) >= 11 is 0. The Morgan fingerprint density at radius 2 is 1.45 bits per heavy atom. The van der Waals surface area contributed by atoms with Crippen LogP contribution in [0.4, 0.5) is 0 Å². The molecule has 0 aliphatic carbocycles. The third-order valence-electron chi connectivity index (χ3n) is 3.16. The van der Waals surface area contributed by atoms with Crippen molar-refractivity contribution in [3.8, 4) is 11.8 Å². The minimum Gasteiger partial charge on any atom is -0.342 e. The van der Waals surface area contributed by atoms with Crippen LogP contribution in [0.15, 0.2) is 12.1 Å². The number of benzene rings is 1. The highest BCUT2D eigenvalue weighted by atomic mass is 16.7. The van der Waals surface area contributed by atoms with Gasteiger partial charge >= 0.3 is 0 Å². The summed E-state index contributed by atoms with van der Waals surface area (Å²) in [5.41, 5.74) is 5.06. The number of hydrogen-bond acceptors (Lipinski definition) is 2. The smallest absolute Gasteiger partial charge is 0.222 e. The molecule has 0 unspecified atom stereocenters. The van der Waals surface area contributed by atoms with Crippen molar-refractivity contribution in [1.29, 1.82) is 0 Å². The van der Waals surface area contributed by atoms with Gasteiger partial charge in [0.15, 0.2) is 0 Å². The van der Waals surface area contributed by atoms with Gasteiger partial charge in [-0.1, -0.05) is 37.5 Å². The first-order valence-electron chi connectivity index (χ1n) is 7.53. The lowest BCUT2D eigenvalue weighted by molar-refractivity contribution is -0.0969. The van der Waals surface area contributed by atoms with E-state index in [4.69, 9.17) is 9.47 Å². The van der Waals surface area contributed by atoms with E-state index in [0.717, 1.165) is 18.4 Å². The SMILES string of the molecule is CCOC(C#Cc1c(CC)cc(C)cc1CC)OCC. The maximum atomic E-state index is 5.48. The Morgan fingerprint density at radius 3 is 1.85 bits per heavy atom. The molecule has 1 aromatic carbocycles. The molecule has 0 spiro atoms. The zero-order chi connectivity index (χ0) is 15.0. The topological polar surface area (TPSA) is 18.5 Å². The Morgan fingerprint density at radius 1 is 0.950 bits per heavy atom. The molecule has 0 bridgehead atoms. The Kier molecular flexibility index (Phi) is 7.36. The molecule has 1 aromatic rings. The molecule has 20 heavy (non-hydrogen) atoms. The van der Waals surface area contributed by atoms with Gasteiger partial charge in [-0.2, -0.15) is 0 Å². The predicted octanol–water partition coefficient (Wildman–Crippen LogP) is 3.87. The molecule has 0 aromatic heterocycles. The van der Waals surface area contributed by atoms with Gasteiger partial charge in [0.1, 0.15) is 0 Å². The highest BCUT2D eigenvalue weighted by Gasteiger charge is 2.07. The molecular weight excluding hydrogens is 248 g/mol. The molecule has 0 heterocycles. The number of aryl methyl sites for hydroxylation is 3. The maximum absolute atomic E-state index is 5.48. The van der Waals surface area contributed by atoms with Gasteiger partial charge in [-0.25, -0.2) is 0 Å². The van der Waals surface area contributed by atoms with Crippen molar-refractivity contribution in [2.75, 3.05) is 13.2 Å². The zero-order valence-electron chi connectivity index (χ0n) is 13.4. The highest BCUT2D eigenvalue weighted by molar-refractivity contribution is 5.49. The van der Waals surface area contributed by atoms with Crippen molar-refractivity contribution < 1.29 is 9.47 Å². The van der Waals surface area contributed by atoms with Crippen LogP contribution >= 0.6 is 0 Å². The van der Waals surface area contributed by atoms with Gasteiger partial charge in [0.05, 0.1) is 0 Å². The quantitative estimate of drug-likeness (QED) is 0.579. The van der Waals surface area contributed by atoms with E-state index in [1.54, 1.807) is 0 Å². The molecule has 0 N–H and O–H groups in total. The standard InChI is InChI=1S/C18H26O2/c1-6-15-12-14(5)13-16(7-2)17(15)10-11-18(19-8-3)20-9-4/h12-13,18H,6-9H2,1-5H3. The molecule has 2 heteroatoms. The van der Waals surface area contributed by atoms with Crippen molar-refractivity contribution in [2.45, 2.75) is 53.8 Å². The van der Waals surface area contributed by atoms with Crippen molar-refractivity contribution in [3.63, 3.8) is 0 Å². The van der Waals surface area contributed by atoms with E-state index < -0.39 is 6.29 Å². The van der Waals surface area contributed by atoms with E-state index in [-0.39, 0.29) is 0 Å². The first kappa shape index (κ1) is 16.8. The largest absolute Gasteiger partial charge is 0.342 e. The van der Waals surface area contributed by atoms with E-state index in [0.29, 0.717) is 13.2 Å². The fraction of sp³-hybridized carbons (Fsp3) is 0.556. The summed E-state index contributed by atoms with van der Waals surface area (Å²) in [4.78, 5) is 0.